The van der Waals surface area contributed by atoms with Crippen LogP contribution < -0.4 is 4.74 Å². The molecule has 0 aromatic heterocycles. The molecule has 1 aliphatic carbocycles. The SMILES string of the molecule is CC#CC[C@H](C)[C@@H](/C=C/[C@@H]1[C@H]2c3cccc(CCCC(=O)OCC[Si](C)(C)C)c3O[C@H]2C[C@H]1O[Si](C)(C)C(C)(C)C)OC(=O)OC. The minimum atomic E-state index is -2.09. The van der Waals surface area contributed by atoms with Gasteiger partial charge in [0.2, 0.25) is 0 Å². The number of esters is 1. The van der Waals surface area contributed by atoms with Gasteiger partial charge >= 0.3 is 12.1 Å². The second kappa shape index (κ2) is 16.0. The number of aryl methyl sites for hydroxylation is 1. The molecule has 1 aromatic carbocycles. The van der Waals surface area contributed by atoms with Gasteiger partial charge in [-0.25, -0.2) is 4.79 Å². The van der Waals surface area contributed by atoms with E-state index in [2.05, 4.69) is 89.6 Å². The van der Waals surface area contributed by atoms with Gasteiger partial charge in [-0.15, -0.1) is 11.8 Å². The molecule has 0 unspecified atom stereocenters. The van der Waals surface area contributed by atoms with Crippen LogP contribution in [0.25, 0.3) is 0 Å². The molecule has 7 nitrogen and oxygen atoms in total. The predicted octanol–water partition coefficient (Wildman–Crippen LogP) is 8.90. The van der Waals surface area contributed by atoms with Gasteiger partial charge in [-0.05, 0) is 55.6 Å². The van der Waals surface area contributed by atoms with Crippen molar-refractivity contribution in [3.63, 3.8) is 0 Å². The molecule has 0 bridgehead atoms. The van der Waals surface area contributed by atoms with E-state index in [0.29, 0.717) is 25.9 Å². The number of para-hydroxylation sites is 1. The van der Waals surface area contributed by atoms with Crippen LogP contribution in [0.1, 0.15) is 77.3 Å². The largest absolute Gasteiger partial charge is 0.508 e. The first kappa shape index (κ1) is 37.9. The van der Waals surface area contributed by atoms with Gasteiger partial charge in [0, 0.05) is 50.7 Å². The first-order valence-corrected chi connectivity index (χ1v) is 23.5. The minimum absolute atomic E-state index is 0.0132. The van der Waals surface area contributed by atoms with Crippen LogP contribution in [0, 0.1) is 23.7 Å². The summed E-state index contributed by atoms with van der Waals surface area (Å²) in [5.74, 6) is 7.01. The van der Waals surface area contributed by atoms with Gasteiger partial charge in [-0.3, -0.25) is 4.79 Å². The molecule has 3 rings (SSSR count). The summed E-state index contributed by atoms with van der Waals surface area (Å²) in [6.07, 6.45) is 6.20. The maximum Gasteiger partial charge on any atom is 0.508 e. The summed E-state index contributed by atoms with van der Waals surface area (Å²) in [7, 11) is -2.00. The molecule has 1 aliphatic heterocycles. The summed E-state index contributed by atoms with van der Waals surface area (Å²) in [4.78, 5) is 24.6. The second-order valence-corrected chi connectivity index (χ2v) is 26.0. The molecule has 0 saturated heterocycles. The quantitative estimate of drug-likeness (QED) is 0.0846. The molecule has 1 aromatic rings. The molecule has 0 N–H and O–H groups in total. The second-order valence-electron chi connectivity index (χ2n) is 15.7. The van der Waals surface area contributed by atoms with E-state index in [-0.39, 0.29) is 41.0 Å². The number of benzene rings is 1. The maximum absolute atomic E-state index is 12.4. The maximum atomic E-state index is 12.4. The van der Waals surface area contributed by atoms with Crippen molar-refractivity contribution in [3.8, 4) is 17.6 Å². The van der Waals surface area contributed by atoms with Crippen molar-refractivity contribution >= 4 is 28.5 Å². The molecular weight excluding hydrogens is 613 g/mol. The van der Waals surface area contributed by atoms with Crippen molar-refractivity contribution in [1.29, 1.82) is 0 Å². The Bertz CT molecular complexity index is 1280. The molecule has 9 heteroatoms. The number of ether oxygens (including phenoxy) is 4. The summed E-state index contributed by atoms with van der Waals surface area (Å²) >= 11 is 0. The van der Waals surface area contributed by atoms with E-state index < -0.39 is 28.7 Å². The molecule has 46 heavy (non-hydrogen) atoms. The zero-order valence-electron chi connectivity index (χ0n) is 30.2. The third kappa shape index (κ3) is 10.2. The van der Waals surface area contributed by atoms with Crippen molar-refractivity contribution in [2.24, 2.45) is 11.8 Å². The van der Waals surface area contributed by atoms with Gasteiger partial charge in [0.05, 0.1) is 19.8 Å². The van der Waals surface area contributed by atoms with Crippen molar-refractivity contribution < 1.29 is 33.0 Å². The Morgan fingerprint density at radius 2 is 1.87 bits per heavy atom. The Balaban J connectivity index is 1.85. The average molecular weight is 671 g/mol. The number of hydrogen-bond donors (Lipinski definition) is 0. The minimum Gasteiger partial charge on any atom is -0.489 e. The number of carbonyl (C=O) groups is 2. The molecule has 0 spiro atoms. The normalized spacial score (nSPS) is 22.2. The van der Waals surface area contributed by atoms with Crippen molar-refractivity contribution in [3.05, 3.63) is 41.5 Å². The van der Waals surface area contributed by atoms with Crippen LogP contribution in [0.15, 0.2) is 30.4 Å². The summed E-state index contributed by atoms with van der Waals surface area (Å²) in [5.41, 5.74) is 2.32. The van der Waals surface area contributed by atoms with Gasteiger partial charge in [0.1, 0.15) is 18.0 Å². The van der Waals surface area contributed by atoms with Crippen LogP contribution in [0.5, 0.6) is 5.75 Å². The van der Waals surface area contributed by atoms with E-state index in [0.717, 1.165) is 30.2 Å². The lowest BCUT2D eigenvalue weighted by Crippen LogP contribution is -2.45. The Morgan fingerprint density at radius 3 is 2.50 bits per heavy atom. The lowest BCUT2D eigenvalue weighted by molar-refractivity contribution is -0.143. The van der Waals surface area contributed by atoms with Crippen LogP contribution >= 0.6 is 0 Å². The summed E-state index contributed by atoms with van der Waals surface area (Å²) in [6.45, 7) is 22.6. The smallest absolute Gasteiger partial charge is 0.489 e. The van der Waals surface area contributed by atoms with Crippen molar-refractivity contribution in [2.75, 3.05) is 13.7 Å². The third-order valence-corrected chi connectivity index (χ3v) is 16.0. The highest BCUT2D eigenvalue weighted by atomic mass is 28.4. The van der Waals surface area contributed by atoms with Gasteiger partial charge in [0.15, 0.2) is 8.32 Å². The monoisotopic (exact) mass is 670 g/mol. The van der Waals surface area contributed by atoms with E-state index in [1.165, 1.54) is 12.7 Å². The van der Waals surface area contributed by atoms with Crippen molar-refractivity contribution in [1.82, 2.24) is 0 Å². The predicted molar refractivity (Wildman–Crippen MR) is 189 cm³/mol. The number of hydrogen-bond acceptors (Lipinski definition) is 7. The van der Waals surface area contributed by atoms with E-state index in [9.17, 15) is 9.59 Å². The van der Waals surface area contributed by atoms with Crippen molar-refractivity contribution in [2.45, 2.75) is 135 Å². The molecular formula is C37H58O7Si2. The highest BCUT2D eigenvalue weighted by Crippen LogP contribution is 2.54. The molecule has 6 atom stereocenters. The highest BCUT2D eigenvalue weighted by molar-refractivity contribution is 6.76. The fraction of sp³-hybridized carbons (Fsp3) is 0.676. The third-order valence-electron chi connectivity index (χ3n) is 9.74. The fourth-order valence-electron chi connectivity index (χ4n) is 5.91. The molecule has 0 amide bonds. The first-order valence-electron chi connectivity index (χ1n) is 16.9. The lowest BCUT2D eigenvalue weighted by Gasteiger charge is -2.40. The van der Waals surface area contributed by atoms with Gasteiger partial charge in [-0.1, -0.05) is 71.6 Å². The van der Waals surface area contributed by atoms with E-state index in [1.54, 1.807) is 0 Å². The van der Waals surface area contributed by atoms with Gasteiger partial charge in [-0.2, -0.15) is 0 Å². The Kier molecular flexibility index (Phi) is 13.2. The zero-order valence-corrected chi connectivity index (χ0v) is 32.2. The molecule has 2 aliphatic rings. The molecule has 256 valence electrons. The summed E-state index contributed by atoms with van der Waals surface area (Å²) in [6, 6.07) is 7.37. The molecule has 1 saturated carbocycles. The van der Waals surface area contributed by atoms with Gasteiger partial charge in [0.25, 0.3) is 0 Å². The van der Waals surface area contributed by atoms with E-state index in [4.69, 9.17) is 23.4 Å². The Hall–Kier alpha value is -2.55. The lowest BCUT2D eigenvalue weighted by atomic mass is 9.86. The Labute approximate surface area is 280 Å². The van der Waals surface area contributed by atoms with Crippen LogP contribution in [-0.2, 0) is 29.9 Å². The van der Waals surface area contributed by atoms with E-state index in [1.807, 2.05) is 19.9 Å². The molecule has 1 heterocycles. The number of fused-ring (bicyclic) bond motifs is 3. The Morgan fingerprint density at radius 1 is 1.15 bits per heavy atom. The number of methoxy groups -OCH3 is 1. The topological polar surface area (TPSA) is 80.3 Å². The van der Waals surface area contributed by atoms with Crippen LogP contribution in [-0.4, -0.2) is 60.5 Å². The number of carbonyl (C=O) groups excluding carboxylic acids is 2. The average Bonchev–Trinajstić information content (AvgIpc) is 3.48. The molecule has 1 fully saturated rings. The van der Waals surface area contributed by atoms with E-state index >= 15 is 0 Å². The zero-order chi connectivity index (χ0) is 34.3. The first-order chi connectivity index (χ1) is 21.5. The fourth-order valence-corrected chi connectivity index (χ4v) is 7.99. The number of rotatable bonds is 14. The summed E-state index contributed by atoms with van der Waals surface area (Å²) in [5, 5.41) is 0.0601. The highest BCUT2D eigenvalue weighted by Gasteiger charge is 2.52. The standard InChI is InChI=1S/C37H58O7Si2/c1-12-13-16-26(2)30(43-36(39)40-6)22-21-28-31(44-46(10,11)37(3,4)5)25-32-34(28)29-19-14-17-27(35(29)42-32)18-15-20-33(38)41-23-24-45(7,8)9/h14,17,19,21-22,26,28,30-32,34H,15-16,18,20,23-25H2,1-11H3/b22-21+/t26-,28-,30+,31+,32-,34-/m0/s1. The van der Waals surface area contributed by atoms with Gasteiger partial charge < -0.3 is 23.4 Å². The summed E-state index contributed by atoms with van der Waals surface area (Å²) < 4.78 is 29.9. The van der Waals surface area contributed by atoms with Crippen LogP contribution in [0.3, 0.4) is 0 Å². The molecule has 0 radical (unpaired) electrons. The van der Waals surface area contributed by atoms with Crippen LogP contribution in [0.4, 0.5) is 4.79 Å². The van der Waals surface area contributed by atoms with Crippen LogP contribution in [0.2, 0.25) is 43.8 Å².